The number of methoxy groups -OCH3 is 1. The van der Waals surface area contributed by atoms with Crippen LogP contribution < -0.4 is 10.1 Å². The van der Waals surface area contributed by atoms with E-state index >= 15 is 0 Å². The number of pyridine rings is 1. The second-order valence-corrected chi connectivity index (χ2v) is 3.92. The van der Waals surface area contributed by atoms with Gasteiger partial charge in [0.15, 0.2) is 0 Å². The molecule has 0 aliphatic rings. The van der Waals surface area contributed by atoms with Crippen LogP contribution in [0.3, 0.4) is 0 Å². The first-order valence-corrected chi connectivity index (χ1v) is 5.41. The number of halogens is 1. The Bertz CT molecular complexity index is 581. The SMILES string of the molecule is CNc1c(C)c(C)nc2c(F)ccc(OC)c12. The Balaban J connectivity index is 2.99. The first kappa shape index (κ1) is 11.6. The number of ether oxygens (including phenoxy) is 1. The summed E-state index contributed by atoms with van der Waals surface area (Å²) in [6.45, 7) is 3.83. The minimum absolute atomic E-state index is 0.333. The summed E-state index contributed by atoms with van der Waals surface area (Å²) in [6.07, 6.45) is 0. The fraction of sp³-hybridized carbons (Fsp3) is 0.308. The third kappa shape index (κ3) is 1.69. The number of anilines is 1. The quantitative estimate of drug-likeness (QED) is 0.867. The number of aromatic nitrogens is 1. The van der Waals surface area contributed by atoms with Crippen LogP contribution in [0.15, 0.2) is 12.1 Å². The summed E-state index contributed by atoms with van der Waals surface area (Å²) in [5, 5.41) is 3.79. The van der Waals surface area contributed by atoms with Gasteiger partial charge in [0, 0.05) is 12.7 Å². The van der Waals surface area contributed by atoms with Crippen LogP contribution in [0, 0.1) is 19.7 Å². The second kappa shape index (κ2) is 4.20. The molecule has 0 radical (unpaired) electrons. The van der Waals surface area contributed by atoms with Crippen molar-refractivity contribution in [2.24, 2.45) is 0 Å². The lowest BCUT2D eigenvalue weighted by Gasteiger charge is -2.14. The minimum atomic E-state index is -0.333. The normalized spacial score (nSPS) is 10.6. The van der Waals surface area contributed by atoms with E-state index in [4.69, 9.17) is 4.74 Å². The number of benzene rings is 1. The standard InChI is InChI=1S/C13H15FN2O/c1-7-8(2)16-13-9(14)5-6-10(17-4)11(13)12(7)15-3/h5-6H,1-4H3,(H,15,16). The average Bonchev–Trinajstić information content (AvgIpc) is 2.33. The van der Waals surface area contributed by atoms with Crippen molar-refractivity contribution in [3.8, 4) is 5.75 Å². The van der Waals surface area contributed by atoms with Crippen molar-refractivity contribution in [1.29, 1.82) is 0 Å². The van der Waals surface area contributed by atoms with E-state index in [1.807, 2.05) is 20.9 Å². The Labute approximate surface area is 99.6 Å². The molecule has 0 aliphatic carbocycles. The molecule has 1 heterocycles. The van der Waals surface area contributed by atoms with Gasteiger partial charge in [0.05, 0.1) is 18.2 Å². The molecule has 0 aliphatic heterocycles. The highest BCUT2D eigenvalue weighted by atomic mass is 19.1. The highest BCUT2D eigenvalue weighted by Gasteiger charge is 2.15. The van der Waals surface area contributed by atoms with E-state index in [9.17, 15) is 4.39 Å². The molecule has 1 N–H and O–H groups in total. The van der Waals surface area contributed by atoms with Gasteiger partial charge in [-0.05, 0) is 31.5 Å². The Hall–Kier alpha value is -1.84. The summed E-state index contributed by atoms with van der Waals surface area (Å²) in [7, 11) is 3.38. The highest BCUT2D eigenvalue weighted by molar-refractivity contribution is 5.98. The topological polar surface area (TPSA) is 34.2 Å². The predicted molar refractivity (Wildman–Crippen MR) is 67.3 cm³/mol. The third-order valence-electron chi connectivity index (χ3n) is 3.01. The van der Waals surface area contributed by atoms with Crippen molar-refractivity contribution in [2.75, 3.05) is 19.5 Å². The molecular weight excluding hydrogens is 219 g/mol. The van der Waals surface area contributed by atoms with Gasteiger partial charge in [-0.1, -0.05) is 0 Å². The van der Waals surface area contributed by atoms with Crippen molar-refractivity contribution in [2.45, 2.75) is 13.8 Å². The van der Waals surface area contributed by atoms with Crippen LogP contribution in [0.4, 0.5) is 10.1 Å². The van der Waals surface area contributed by atoms with E-state index in [2.05, 4.69) is 10.3 Å². The summed E-state index contributed by atoms with van der Waals surface area (Å²) in [5.74, 6) is 0.293. The van der Waals surface area contributed by atoms with Gasteiger partial charge in [-0.3, -0.25) is 0 Å². The van der Waals surface area contributed by atoms with Crippen LogP contribution in [0.5, 0.6) is 5.75 Å². The number of aryl methyl sites for hydroxylation is 1. The molecule has 2 rings (SSSR count). The summed E-state index contributed by atoms with van der Waals surface area (Å²) < 4.78 is 19.1. The largest absolute Gasteiger partial charge is 0.496 e. The average molecular weight is 234 g/mol. The van der Waals surface area contributed by atoms with Crippen LogP contribution >= 0.6 is 0 Å². The molecule has 90 valence electrons. The predicted octanol–water partition coefficient (Wildman–Crippen LogP) is 3.04. The number of rotatable bonds is 2. The monoisotopic (exact) mass is 234 g/mol. The van der Waals surface area contributed by atoms with E-state index in [1.165, 1.54) is 6.07 Å². The first-order valence-electron chi connectivity index (χ1n) is 5.41. The lowest BCUT2D eigenvalue weighted by molar-refractivity contribution is 0.419. The fourth-order valence-corrected chi connectivity index (χ4v) is 2.00. The van der Waals surface area contributed by atoms with Gasteiger partial charge < -0.3 is 10.1 Å². The summed E-state index contributed by atoms with van der Waals surface area (Å²) >= 11 is 0. The summed E-state index contributed by atoms with van der Waals surface area (Å²) in [5.41, 5.74) is 3.03. The van der Waals surface area contributed by atoms with Gasteiger partial charge in [0.1, 0.15) is 17.1 Å². The molecule has 0 saturated carbocycles. The van der Waals surface area contributed by atoms with Gasteiger partial charge >= 0.3 is 0 Å². The van der Waals surface area contributed by atoms with Gasteiger partial charge in [0.25, 0.3) is 0 Å². The van der Waals surface area contributed by atoms with Crippen LogP contribution in [-0.2, 0) is 0 Å². The molecule has 0 spiro atoms. The van der Waals surface area contributed by atoms with E-state index < -0.39 is 0 Å². The molecule has 0 saturated heterocycles. The molecule has 4 heteroatoms. The highest BCUT2D eigenvalue weighted by Crippen LogP contribution is 2.35. The Morgan fingerprint density at radius 1 is 1.29 bits per heavy atom. The number of hydrogen-bond acceptors (Lipinski definition) is 3. The number of hydrogen-bond donors (Lipinski definition) is 1. The van der Waals surface area contributed by atoms with Crippen LogP contribution in [0.1, 0.15) is 11.3 Å². The van der Waals surface area contributed by atoms with Gasteiger partial charge in [0.2, 0.25) is 0 Å². The van der Waals surface area contributed by atoms with Crippen molar-refractivity contribution < 1.29 is 9.13 Å². The zero-order valence-corrected chi connectivity index (χ0v) is 10.4. The first-order chi connectivity index (χ1) is 8.10. The number of fused-ring (bicyclic) bond motifs is 1. The maximum Gasteiger partial charge on any atom is 0.149 e. The molecule has 0 atom stereocenters. The molecule has 0 unspecified atom stereocenters. The smallest absolute Gasteiger partial charge is 0.149 e. The molecule has 1 aromatic heterocycles. The Morgan fingerprint density at radius 2 is 2.00 bits per heavy atom. The lowest BCUT2D eigenvalue weighted by Crippen LogP contribution is -2.01. The molecule has 0 amide bonds. The summed E-state index contributed by atoms with van der Waals surface area (Å²) in [4.78, 5) is 4.30. The number of nitrogens with zero attached hydrogens (tertiary/aromatic N) is 1. The number of nitrogens with one attached hydrogen (secondary N) is 1. The Morgan fingerprint density at radius 3 is 2.59 bits per heavy atom. The molecule has 0 bridgehead atoms. The zero-order chi connectivity index (χ0) is 12.6. The van der Waals surface area contributed by atoms with Crippen molar-refractivity contribution >= 4 is 16.6 Å². The van der Waals surface area contributed by atoms with E-state index in [0.29, 0.717) is 16.7 Å². The van der Waals surface area contributed by atoms with Crippen LogP contribution in [0.2, 0.25) is 0 Å². The van der Waals surface area contributed by atoms with Crippen molar-refractivity contribution in [1.82, 2.24) is 4.98 Å². The molecular formula is C13H15FN2O. The maximum atomic E-state index is 13.8. The van der Waals surface area contributed by atoms with E-state index in [0.717, 1.165) is 16.9 Å². The van der Waals surface area contributed by atoms with E-state index in [1.54, 1.807) is 13.2 Å². The van der Waals surface area contributed by atoms with E-state index in [-0.39, 0.29) is 5.82 Å². The van der Waals surface area contributed by atoms with Crippen LogP contribution in [0.25, 0.3) is 10.9 Å². The van der Waals surface area contributed by atoms with Crippen molar-refractivity contribution in [3.63, 3.8) is 0 Å². The third-order valence-corrected chi connectivity index (χ3v) is 3.01. The maximum absolute atomic E-state index is 13.8. The molecule has 3 nitrogen and oxygen atoms in total. The van der Waals surface area contributed by atoms with Crippen molar-refractivity contribution in [3.05, 3.63) is 29.2 Å². The molecule has 0 fully saturated rings. The Kier molecular flexibility index (Phi) is 2.88. The van der Waals surface area contributed by atoms with Gasteiger partial charge in [-0.25, -0.2) is 9.37 Å². The summed E-state index contributed by atoms with van der Waals surface area (Å²) in [6, 6.07) is 3.00. The molecule has 1 aromatic carbocycles. The fourth-order valence-electron chi connectivity index (χ4n) is 2.00. The van der Waals surface area contributed by atoms with Gasteiger partial charge in [-0.15, -0.1) is 0 Å². The minimum Gasteiger partial charge on any atom is -0.496 e. The second-order valence-electron chi connectivity index (χ2n) is 3.92. The molecule has 2 aromatic rings. The molecule has 17 heavy (non-hydrogen) atoms. The van der Waals surface area contributed by atoms with Crippen LogP contribution in [-0.4, -0.2) is 19.1 Å². The van der Waals surface area contributed by atoms with Gasteiger partial charge in [-0.2, -0.15) is 0 Å². The lowest BCUT2D eigenvalue weighted by atomic mass is 10.1. The zero-order valence-electron chi connectivity index (χ0n) is 10.4.